The van der Waals surface area contributed by atoms with Crippen LogP contribution in [0.5, 0.6) is 0 Å². The van der Waals surface area contributed by atoms with E-state index in [4.69, 9.17) is 0 Å². The molecule has 4 saturated heterocycles. The number of carbonyl (C=O) groups excluding carboxylic acids is 6. The standard InChI is InChI=1S/C46H57F2N11O6/c1-45(44(65)51-17-6-4-3-5-16-50-33-9-7-8-30-40(33)43(64)59(42(30)63)34-10-11-38(60)54-41(34)62)12-18-56(19-13-45)25-29-22-32(48)35(23-31(29)47)58-26-39(61)55-46(27-58)14-20-57(21-15-46)37-24-36(49-2)52-28-53-37/h7-9,22-24,28,34,50H,3-6,10-21,25-27H2,1-2H3,(H,51,65)(H,55,61)(H,49,52,53)(H,54,60,62). The van der Waals surface area contributed by atoms with E-state index in [0.717, 1.165) is 36.4 Å². The Kier molecular flexibility index (Phi) is 13.3. The minimum atomic E-state index is -1.02. The molecule has 1 spiro atoms. The summed E-state index contributed by atoms with van der Waals surface area (Å²) in [5, 5.41) is 14.7. The lowest BCUT2D eigenvalue weighted by molar-refractivity contribution is -0.136. The zero-order valence-corrected chi connectivity index (χ0v) is 36.9. The summed E-state index contributed by atoms with van der Waals surface area (Å²) >= 11 is 0. The molecule has 8 rings (SSSR count). The van der Waals surface area contributed by atoms with Crippen molar-refractivity contribution in [2.75, 3.05) is 79.8 Å². The SMILES string of the molecule is CNc1cc(N2CCC3(CC2)CN(c2cc(F)c(CN4CCC(C)(C(=O)NCCCCCCNc5cccc6c5C(=O)N(C5CCC(=O)NC5=O)C6=O)CC4)cc2F)CC(=O)N3)ncn1. The largest absolute Gasteiger partial charge is 0.384 e. The smallest absolute Gasteiger partial charge is 0.264 e. The highest BCUT2D eigenvalue weighted by Crippen LogP contribution is 2.36. The van der Waals surface area contributed by atoms with Crippen LogP contribution in [0.2, 0.25) is 0 Å². The number of fused-ring (bicyclic) bond motifs is 1. The van der Waals surface area contributed by atoms with E-state index in [1.807, 2.05) is 17.9 Å². The van der Waals surface area contributed by atoms with Crippen LogP contribution in [-0.4, -0.2) is 126 Å². The van der Waals surface area contributed by atoms with E-state index in [-0.39, 0.29) is 60.1 Å². The van der Waals surface area contributed by atoms with E-state index in [2.05, 4.69) is 41.5 Å². The van der Waals surface area contributed by atoms with Crippen LogP contribution in [0.1, 0.15) is 97.4 Å². The van der Waals surface area contributed by atoms with Crippen molar-refractivity contribution in [2.45, 2.75) is 89.3 Å². The van der Waals surface area contributed by atoms with Crippen molar-refractivity contribution in [3.8, 4) is 0 Å². The molecule has 346 valence electrons. The molecule has 17 nitrogen and oxygen atoms in total. The fourth-order valence-corrected chi connectivity index (χ4v) is 9.76. The average molecular weight is 898 g/mol. The molecular weight excluding hydrogens is 841 g/mol. The Morgan fingerprint density at radius 2 is 1.62 bits per heavy atom. The van der Waals surface area contributed by atoms with Crippen LogP contribution in [0.3, 0.4) is 0 Å². The summed E-state index contributed by atoms with van der Waals surface area (Å²) in [6.07, 6.45) is 7.36. The monoisotopic (exact) mass is 897 g/mol. The molecule has 5 N–H and O–H groups in total. The van der Waals surface area contributed by atoms with E-state index in [1.165, 1.54) is 18.5 Å². The maximum Gasteiger partial charge on any atom is 0.264 e. The molecule has 19 heteroatoms. The second-order valence-electron chi connectivity index (χ2n) is 18.2. The van der Waals surface area contributed by atoms with Crippen molar-refractivity contribution in [3.05, 3.63) is 71.1 Å². The van der Waals surface area contributed by atoms with Gasteiger partial charge in [0.05, 0.1) is 28.9 Å². The molecule has 0 aliphatic carbocycles. The fourth-order valence-electron chi connectivity index (χ4n) is 9.76. The van der Waals surface area contributed by atoms with Crippen molar-refractivity contribution in [3.63, 3.8) is 0 Å². The van der Waals surface area contributed by atoms with E-state index in [9.17, 15) is 28.8 Å². The molecule has 6 heterocycles. The van der Waals surface area contributed by atoms with E-state index < -0.39 is 52.3 Å². The number of hydrogen-bond donors (Lipinski definition) is 5. The van der Waals surface area contributed by atoms with Crippen LogP contribution >= 0.6 is 0 Å². The minimum absolute atomic E-state index is 0.0186. The van der Waals surface area contributed by atoms with Crippen LogP contribution in [-0.2, 0) is 25.7 Å². The Bertz CT molecular complexity index is 2350. The molecule has 1 aromatic heterocycles. The number of imide groups is 2. The number of unbranched alkanes of at least 4 members (excludes halogenated alkanes) is 3. The van der Waals surface area contributed by atoms with Gasteiger partial charge in [-0.15, -0.1) is 0 Å². The van der Waals surface area contributed by atoms with Crippen LogP contribution in [0, 0.1) is 17.0 Å². The number of halogens is 2. The number of piperazine rings is 1. The molecular formula is C46H57F2N11O6. The summed E-state index contributed by atoms with van der Waals surface area (Å²) < 4.78 is 31.5. The summed E-state index contributed by atoms with van der Waals surface area (Å²) in [7, 11) is 1.79. The lowest BCUT2D eigenvalue weighted by Gasteiger charge is -2.48. The number of hydrogen-bond acceptors (Lipinski definition) is 13. The van der Waals surface area contributed by atoms with Gasteiger partial charge >= 0.3 is 0 Å². The van der Waals surface area contributed by atoms with Crippen LogP contribution in [0.15, 0.2) is 42.7 Å². The first-order valence-corrected chi connectivity index (χ1v) is 22.6. The van der Waals surface area contributed by atoms with Gasteiger partial charge in [0.2, 0.25) is 23.6 Å². The van der Waals surface area contributed by atoms with Crippen molar-refractivity contribution < 1.29 is 37.5 Å². The van der Waals surface area contributed by atoms with Gasteiger partial charge < -0.3 is 31.1 Å². The summed E-state index contributed by atoms with van der Waals surface area (Å²) in [5.41, 5.74) is 0.129. The molecule has 6 amide bonds. The minimum Gasteiger partial charge on any atom is -0.384 e. The fraction of sp³-hybridized carbons (Fsp3) is 0.522. The van der Waals surface area contributed by atoms with Gasteiger partial charge in [0.25, 0.3) is 11.8 Å². The van der Waals surface area contributed by atoms with Gasteiger partial charge in [0.15, 0.2) is 0 Å². The zero-order chi connectivity index (χ0) is 45.9. The van der Waals surface area contributed by atoms with Crippen molar-refractivity contribution in [2.24, 2.45) is 5.41 Å². The number of carbonyl (C=O) groups is 6. The average Bonchev–Trinajstić information content (AvgIpc) is 3.55. The molecule has 1 unspecified atom stereocenters. The molecule has 65 heavy (non-hydrogen) atoms. The quantitative estimate of drug-likeness (QED) is 0.110. The molecule has 2 aromatic carbocycles. The van der Waals surface area contributed by atoms with Gasteiger partial charge in [0.1, 0.15) is 35.6 Å². The number of piperidine rings is 3. The Labute approximate surface area is 376 Å². The van der Waals surface area contributed by atoms with Crippen LogP contribution in [0.25, 0.3) is 0 Å². The lowest BCUT2D eigenvalue weighted by atomic mass is 9.79. The van der Waals surface area contributed by atoms with Gasteiger partial charge in [-0.3, -0.25) is 43.9 Å². The lowest BCUT2D eigenvalue weighted by Crippen LogP contribution is -2.66. The Hall–Kier alpha value is -6.24. The first-order valence-electron chi connectivity index (χ1n) is 22.6. The van der Waals surface area contributed by atoms with Crippen LogP contribution in [0.4, 0.5) is 31.8 Å². The first kappa shape index (κ1) is 45.3. The number of anilines is 4. The summed E-state index contributed by atoms with van der Waals surface area (Å²) in [6.45, 7) is 5.91. The number of amides is 6. The zero-order valence-electron chi connectivity index (χ0n) is 36.9. The number of rotatable bonds is 15. The number of benzene rings is 2. The van der Waals surface area contributed by atoms with E-state index in [1.54, 1.807) is 30.1 Å². The Morgan fingerprint density at radius 1 is 0.862 bits per heavy atom. The summed E-state index contributed by atoms with van der Waals surface area (Å²) in [5.74, 6) is -2.02. The second-order valence-corrected chi connectivity index (χ2v) is 18.2. The van der Waals surface area contributed by atoms with Gasteiger partial charge in [0, 0.05) is 81.5 Å². The van der Waals surface area contributed by atoms with E-state index in [0.29, 0.717) is 83.0 Å². The molecule has 0 saturated carbocycles. The maximum atomic E-state index is 15.8. The molecule has 5 aliphatic heterocycles. The van der Waals surface area contributed by atoms with Crippen LogP contribution < -0.4 is 36.4 Å². The molecule has 3 aromatic rings. The number of aromatic nitrogens is 2. The number of nitrogens with one attached hydrogen (secondary N) is 5. The highest BCUT2D eigenvalue weighted by atomic mass is 19.1. The molecule has 0 bridgehead atoms. The molecule has 0 radical (unpaired) electrons. The first-order chi connectivity index (χ1) is 31.3. The van der Waals surface area contributed by atoms with Crippen molar-refractivity contribution in [1.82, 2.24) is 35.7 Å². The maximum absolute atomic E-state index is 15.8. The van der Waals surface area contributed by atoms with Gasteiger partial charge in [-0.25, -0.2) is 18.7 Å². The number of likely N-dealkylation sites (tertiary alicyclic amines) is 1. The topological polar surface area (TPSA) is 201 Å². The highest BCUT2D eigenvalue weighted by molar-refractivity contribution is 6.25. The van der Waals surface area contributed by atoms with Gasteiger partial charge in [-0.05, 0) is 76.2 Å². The van der Waals surface area contributed by atoms with Crippen molar-refractivity contribution in [1.29, 1.82) is 0 Å². The predicted molar refractivity (Wildman–Crippen MR) is 238 cm³/mol. The molecule has 5 aliphatic rings. The highest BCUT2D eigenvalue weighted by Gasteiger charge is 2.46. The Balaban J connectivity index is 0.745. The van der Waals surface area contributed by atoms with Crippen molar-refractivity contribution >= 4 is 58.5 Å². The third kappa shape index (κ3) is 9.74. The van der Waals surface area contributed by atoms with Gasteiger partial charge in [-0.2, -0.15) is 0 Å². The predicted octanol–water partition coefficient (Wildman–Crippen LogP) is 3.56. The molecule has 1 atom stereocenters. The second kappa shape index (κ2) is 19.1. The summed E-state index contributed by atoms with van der Waals surface area (Å²) in [4.78, 5) is 92.1. The number of nitrogens with zero attached hydrogens (tertiary/aromatic N) is 6. The van der Waals surface area contributed by atoms with Gasteiger partial charge in [-0.1, -0.05) is 25.8 Å². The summed E-state index contributed by atoms with van der Waals surface area (Å²) in [6, 6.07) is 8.29. The molecule has 4 fully saturated rings. The third-order valence-corrected chi connectivity index (χ3v) is 13.7. The van der Waals surface area contributed by atoms with E-state index >= 15 is 8.78 Å². The Morgan fingerprint density at radius 3 is 2.35 bits per heavy atom. The third-order valence-electron chi connectivity index (χ3n) is 13.7. The normalized spacial score (nSPS) is 20.7.